The molecule has 0 bridgehead atoms. The second-order valence-corrected chi connectivity index (χ2v) is 9.20. The summed E-state index contributed by atoms with van der Waals surface area (Å²) in [7, 11) is 1.75. The van der Waals surface area contributed by atoms with E-state index >= 15 is 0 Å². The molecule has 0 radical (unpaired) electrons. The van der Waals surface area contributed by atoms with Gasteiger partial charge in [0.2, 0.25) is 0 Å². The molecule has 0 aliphatic carbocycles. The number of hydrogen-bond acceptors (Lipinski definition) is 5. The lowest BCUT2D eigenvalue weighted by molar-refractivity contribution is -0.135. The number of piperidine rings is 1. The summed E-state index contributed by atoms with van der Waals surface area (Å²) in [5.41, 5.74) is 1.41. The fourth-order valence-corrected chi connectivity index (χ4v) is 4.49. The van der Waals surface area contributed by atoms with Crippen LogP contribution in [0.25, 0.3) is 0 Å². The van der Waals surface area contributed by atoms with Crippen molar-refractivity contribution in [2.75, 3.05) is 53.1 Å². The number of nitrogens with zero attached hydrogens (tertiary/aromatic N) is 2. The largest absolute Gasteiger partial charge is 0.484 e. The summed E-state index contributed by atoms with van der Waals surface area (Å²) in [6.07, 6.45) is 3.39. The zero-order valence-electron chi connectivity index (χ0n) is 19.1. The summed E-state index contributed by atoms with van der Waals surface area (Å²) in [6, 6.07) is 8.30. The van der Waals surface area contributed by atoms with Crippen molar-refractivity contribution in [3.8, 4) is 5.75 Å². The maximum atomic E-state index is 12.6. The van der Waals surface area contributed by atoms with E-state index in [0.717, 1.165) is 64.4 Å². The standard InChI is InChI=1S/C24H38N2O4/c1-19(2)26(13-14-28-4)16-22-15-24(18-30-22)9-11-25(12-10-24)23(27)17-29-21-7-5-20(3)6-8-21/h5-8,19,22H,9-18H2,1-4H3/t22-/m1/s1. The molecule has 1 atom stereocenters. The van der Waals surface area contributed by atoms with Crippen LogP contribution >= 0.6 is 0 Å². The van der Waals surface area contributed by atoms with Gasteiger partial charge in [0.05, 0.1) is 19.3 Å². The van der Waals surface area contributed by atoms with E-state index in [2.05, 4.69) is 18.7 Å². The van der Waals surface area contributed by atoms with Crippen molar-refractivity contribution < 1.29 is 19.0 Å². The van der Waals surface area contributed by atoms with Gasteiger partial charge in [-0.05, 0) is 57.6 Å². The van der Waals surface area contributed by atoms with Gasteiger partial charge in [0, 0.05) is 39.3 Å². The highest BCUT2D eigenvalue weighted by Gasteiger charge is 2.43. The highest BCUT2D eigenvalue weighted by molar-refractivity contribution is 5.77. The lowest BCUT2D eigenvalue weighted by atomic mass is 9.76. The van der Waals surface area contributed by atoms with Crippen LogP contribution in [0.1, 0.15) is 38.7 Å². The third-order valence-corrected chi connectivity index (χ3v) is 6.60. The van der Waals surface area contributed by atoms with E-state index in [1.54, 1.807) is 7.11 Å². The minimum atomic E-state index is 0.0754. The summed E-state index contributed by atoms with van der Waals surface area (Å²) in [5.74, 6) is 0.823. The Morgan fingerprint density at radius 1 is 1.27 bits per heavy atom. The minimum absolute atomic E-state index is 0.0754. The third kappa shape index (κ3) is 6.19. The first-order valence-corrected chi connectivity index (χ1v) is 11.2. The minimum Gasteiger partial charge on any atom is -0.484 e. The maximum absolute atomic E-state index is 12.6. The molecule has 2 saturated heterocycles. The first kappa shape index (κ1) is 23.0. The van der Waals surface area contributed by atoms with Crippen LogP contribution in [0.5, 0.6) is 5.75 Å². The Bertz CT molecular complexity index is 668. The Kier molecular flexibility index (Phi) is 8.14. The molecule has 2 heterocycles. The zero-order valence-corrected chi connectivity index (χ0v) is 19.1. The molecule has 2 fully saturated rings. The predicted molar refractivity (Wildman–Crippen MR) is 118 cm³/mol. The molecule has 2 aliphatic heterocycles. The Morgan fingerprint density at radius 3 is 2.60 bits per heavy atom. The number of amides is 1. The van der Waals surface area contributed by atoms with E-state index in [1.165, 1.54) is 5.56 Å². The molecule has 0 saturated carbocycles. The molecule has 3 rings (SSSR count). The molecule has 6 heteroatoms. The van der Waals surface area contributed by atoms with Gasteiger partial charge >= 0.3 is 0 Å². The molecule has 0 unspecified atom stereocenters. The highest BCUT2D eigenvalue weighted by atomic mass is 16.5. The number of hydrogen-bond donors (Lipinski definition) is 0. The molecule has 6 nitrogen and oxygen atoms in total. The lowest BCUT2D eigenvalue weighted by Gasteiger charge is -2.38. The number of carbonyl (C=O) groups excluding carboxylic acids is 1. The van der Waals surface area contributed by atoms with Gasteiger partial charge in [0.1, 0.15) is 5.75 Å². The Hall–Kier alpha value is -1.63. The number of rotatable bonds is 9. The fraction of sp³-hybridized carbons (Fsp3) is 0.708. The van der Waals surface area contributed by atoms with Gasteiger partial charge in [-0.2, -0.15) is 0 Å². The first-order valence-electron chi connectivity index (χ1n) is 11.2. The summed E-state index contributed by atoms with van der Waals surface area (Å²) < 4.78 is 17.1. The molecule has 168 valence electrons. The Balaban J connectivity index is 1.43. The lowest BCUT2D eigenvalue weighted by Crippen LogP contribution is -2.45. The number of methoxy groups -OCH3 is 1. The van der Waals surface area contributed by atoms with Crippen molar-refractivity contribution in [1.82, 2.24) is 9.80 Å². The number of aryl methyl sites for hydroxylation is 1. The average molecular weight is 419 g/mol. The third-order valence-electron chi connectivity index (χ3n) is 6.60. The van der Waals surface area contributed by atoms with Crippen LogP contribution in [-0.2, 0) is 14.3 Å². The van der Waals surface area contributed by atoms with Crippen molar-refractivity contribution in [2.45, 2.75) is 52.2 Å². The summed E-state index contributed by atoms with van der Waals surface area (Å²) in [5, 5.41) is 0. The van der Waals surface area contributed by atoms with Crippen molar-refractivity contribution in [2.24, 2.45) is 5.41 Å². The van der Waals surface area contributed by atoms with Crippen molar-refractivity contribution in [3.63, 3.8) is 0 Å². The summed E-state index contributed by atoms with van der Waals surface area (Å²) in [4.78, 5) is 17.0. The monoisotopic (exact) mass is 418 g/mol. The van der Waals surface area contributed by atoms with Crippen molar-refractivity contribution >= 4 is 5.91 Å². The Labute approximate surface area is 181 Å². The van der Waals surface area contributed by atoms with Crippen molar-refractivity contribution in [1.29, 1.82) is 0 Å². The molecule has 1 aromatic carbocycles. The number of ether oxygens (including phenoxy) is 3. The van der Waals surface area contributed by atoms with Crippen LogP contribution in [-0.4, -0.2) is 81.0 Å². The topological polar surface area (TPSA) is 51.2 Å². The molecular formula is C24H38N2O4. The zero-order chi connectivity index (χ0) is 21.6. The SMILES string of the molecule is COCCN(C[C@H]1CC2(CCN(C(=O)COc3ccc(C)cc3)CC2)CO1)C(C)C. The highest BCUT2D eigenvalue weighted by Crippen LogP contribution is 2.42. The van der Waals surface area contributed by atoms with Crippen LogP contribution in [0.15, 0.2) is 24.3 Å². The van der Waals surface area contributed by atoms with E-state index in [1.807, 2.05) is 36.1 Å². The molecule has 0 aromatic heterocycles. The van der Waals surface area contributed by atoms with Crippen LogP contribution in [0, 0.1) is 12.3 Å². The fourth-order valence-electron chi connectivity index (χ4n) is 4.49. The second-order valence-electron chi connectivity index (χ2n) is 9.20. The van der Waals surface area contributed by atoms with E-state index in [-0.39, 0.29) is 24.0 Å². The van der Waals surface area contributed by atoms with Gasteiger partial charge in [-0.1, -0.05) is 17.7 Å². The smallest absolute Gasteiger partial charge is 0.260 e. The summed E-state index contributed by atoms with van der Waals surface area (Å²) in [6.45, 7) is 11.6. The van der Waals surface area contributed by atoms with E-state index in [9.17, 15) is 4.79 Å². The van der Waals surface area contributed by atoms with Crippen LogP contribution in [0.4, 0.5) is 0 Å². The molecule has 30 heavy (non-hydrogen) atoms. The Morgan fingerprint density at radius 2 is 1.97 bits per heavy atom. The molecule has 1 spiro atoms. The van der Waals surface area contributed by atoms with Crippen LogP contribution < -0.4 is 4.74 Å². The average Bonchev–Trinajstić information content (AvgIpc) is 3.12. The van der Waals surface area contributed by atoms with Crippen LogP contribution in [0.2, 0.25) is 0 Å². The predicted octanol–water partition coefficient (Wildman–Crippen LogP) is 3.13. The normalized spacial score (nSPS) is 21.0. The molecule has 0 N–H and O–H groups in total. The van der Waals surface area contributed by atoms with Gasteiger partial charge in [-0.15, -0.1) is 0 Å². The second kappa shape index (κ2) is 10.6. The number of benzene rings is 1. The number of carbonyl (C=O) groups is 1. The van der Waals surface area contributed by atoms with E-state index in [0.29, 0.717) is 6.04 Å². The van der Waals surface area contributed by atoms with Gasteiger partial charge in [-0.3, -0.25) is 9.69 Å². The number of likely N-dealkylation sites (tertiary alicyclic amines) is 1. The van der Waals surface area contributed by atoms with Crippen molar-refractivity contribution in [3.05, 3.63) is 29.8 Å². The maximum Gasteiger partial charge on any atom is 0.260 e. The summed E-state index contributed by atoms with van der Waals surface area (Å²) >= 11 is 0. The molecular weight excluding hydrogens is 380 g/mol. The van der Waals surface area contributed by atoms with Crippen LogP contribution in [0.3, 0.4) is 0 Å². The van der Waals surface area contributed by atoms with Gasteiger partial charge in [0.15, 0.2) is 6.61 Å². The molecule has 1 aromatic rings. The quantitative estimate of drug-likeness (QED) is 0.617. The van der Waals surface area contributed by atoms with Gasteiger partial charge in [-0.25, -0.2) is 0 Å². The molecule has 1 amide bonds. The van der Waals surface area contributed by atoms with E-state index in [4.69, 9.17) is 14.2 Å². The van der Waals surface area contributed by atoms with Gasteiger partial charge < -0.3 is 19.1 Å². The first-order chi connectivity index (χ1) is 14.4. The van der Waals surface area contributed by atoms with Gasteiger partial charge in [0.25, 0.3) is 5.91 Å². The van der Waals surface area contributed by atoms with E-state index < -0.39 is 0 Å². The molecule has 2 aliphatic rings.